The number of hydrogen-bond donors (Lipinski definition) is 1. The molecule has 0 saturated heterocycles. The summed E-state index contributed by atoms with van der Waals surface area (Å²) >= 11 is 4.85. The van der Waals surface area contributed by atoms with Gasteiger partial charge in [-0.15, -0.1) is 11.3 Å². The van der Waals surface area contributed by atoms with Gasteiger partial charge < -0.3 is 5.11 Å². The van der Waals surface area contributed by atoms with E-state index < -0.39 is 5.60 Å². The van der Waals surface area contributed by atoms with Crippen LogP contribution < -0.4 is 0 Å². The number of thiazole rings is 1. The van der Waals surface area contributed by atoms with Crippen LogP contribution in [0.15, 0.2) is 9.98 Å². The van der Waals surface area contributed by atoms with Gasteiger partial charge in [0.05, 0.1) is 0 Å². The lowest BCUT2D eigenvalue weighted by molar-refractivity contribution is 0.0404. The number of aliphatic hydroxyl groups is 1. The molecule has 72 valence electrons. The van der Waals surface area contributed by atoms with E-state index in [4.69, 9.17) is 0 Å². The highest BCUT2D eigenvalue weighted by Crippen LogP contribution is 2.43. The van der Waals surface area contributed by atoms with Gasteiger partial charge in [-0.1, -0.05) is 6.92 Å². The van der Waals surface area contributed by atoms with Gasteiger partial charge in [-0.25, -0.2) is 4.98 Å². The van der Waals surface area contributed by atoms with Crippen LogP contribution in [0.25, 0.3) is 0 Å². The molecule has 0 amide bonds. The fourth-order valence-corrected chi connectivity index (χ4v) is 3.32. The topological polar surface area (TPSA) is 33.1 Å². The van der Waals surface area contributed by atoms with Crippen LogP contribution in [0.5, 0.6) is 0 Å². The summed E-state index contributed by atoms with van der Waals surface area (Å²) in [6.07, 6.45) is 2.81. The van der Waals surface area contributed by atoms with Crippen molar-refractivity contribution in [3.05, 3.63) is 15.0 Å². The summed E-state index contributed by atoms with van der Waals surface area (Å²) in [5.74, 6) is 0.618. The minimum atomic E-state index is -0.643. The van der Waals surface area contributed by atoms with Crippen molar-refractivity contribution >= 4 is 27.3 Å². The zero-order chi connectivity index (χ0) is 9.47. The molecule has 4 heteroatoms. The second-order valence-corrected chi connectivity index (χ2v) is 5.53. The second kappa shape index (κ2) is 3.33. The van der Waals surface area contributed by atoms with E-state index in [2.05, 4.69) is 27.8 Å². The van der Waals surface area contributed by atoms with Crippen molar-refractivity contribution in [2.45, 2.75) is 31.8 Å². The van der Waals surface area contributed by atoms with Gasteiger partial charge in [0, 0.05) is 5.38 Å². The first-order valence-corrected chi connectivity index (χ1v) is 6.11. The van der Waals surface area contributed by atoms with E-state index in [1.54, 1.807) is 0 Å². The normalized spacial score (nSPS) is 33.9. The van der Waals surface area contributed by atoms with Crippen LogP contribution in [0, 0.1) is 5.92 Å². The SMILES string of the molecule is CC1CCC(O)(c2nc(Br)cs2)C1. The molecule has 2 nitrogen and oxygen atoms in total. The van der Waals surface area contributed by atoms with Gasteiger partial charge in [-0.05, 0) is 41.1 Å². The van der Waals surface area contributed by atoms with E-state index in [9.17, 15) is 5.11 Å². The van der Waals surface area contributed by atoms with Gasteiger partial charge in [0.25, 0.3) is 0 Å². The lowest BCUT2D eigenvalue weighted by Gasteiger charge is -2.18. The average molecular weight is 262 g/mol. The van der Waals surface area contributed by atoms with Gasteiger partial charge in [-0.3, -0.25) is 0 Å². The molecule has 2 atom stereocenters. The average Bonchev–Trinajstić information content (AvgIpc) is 2.60. The van der Waals surface area contributed by atoms with Crippen LogP contribution in [0.3, 0.4) is 0 Å². The maximum atomic E-state index is 10.3. The Hall–Kier alpha value is 0.0700. The highest BCUT2D eigenvalue weighted by atomic mass is 79.9. The Morgan fingerprint density at radius 2 is 2.54 bits per heavy atom. The Bertz CT molecular complexity index is 314. The molecule has 1 saturated carbocycles. The van der Waals surface area contributed by atoms with E-state index in [0.29, 0.717) is 5.92 Å². The molecule has 1 aliphatic carbocycles. The summed E-state index contributed by atoms with van der Waals surface area (Å²) < 4.78 is 0.834. The van der Waals surface area contributed by atoms with Gasteiger partial charge in [0.15, 0.2) is 0 Å². The zero-order valence-electron chi connectivity index (χ0n) is 7.46. The molecule has 1 aromatic heterocycles. The molecule has 0 aromatic carbocycles. The summed E-state index contributed by atoms with van der Waals surface area (Å²) in [4.78, 5) is 4.28. The van der Waals surface area contributed by atoms with Crippen LogP contribution in [0.2, 0.25) is 0 Å². The highest BCUT2D eigenvalue weighted by Gasteiger charge is 2.39. The smallest absolute Gasteiger partial charge is 0.126 e. The fraction of sp³-hybridized carbons (Fsp3) is 0.667. The Balaban J connectivity index is 2.25. The van der Waals surface area contributed by atoms with Gasteiger partial charge in [0.1, 0.15) is 15.2 Å². The first-order valence-electron chi connectivity index (χ1n) is 4.44. The van der Waals surface area contributed by atoms with E-state index in [-0.39, 0.29) is 0 Å². The molecule has 0 bridgehead atoms. The Morgan fingerprint density at radius 1 is 1.77 bits per heavy atom. The van der Waals surface area contributed by atoms with Crippen LogP contribution >= 0.6 is 27.3 Å². The summed E-state index contributed by atoms with van der Waals surface area (Å²) in [5, 5.41) is 13.1. The van der Waals surface area contributed by atoms with E-state index in [1.165, 1.54) is 11.3 Å². The monoisotopic (exact) mass is 261 g/mol. The fourth-order valence-electron chi connectivity index (χ4n) is 1.93. The molecule has 0 aliphatic heterocycles. The lowest BCUT2D eigenvalue weighted by Crippen LogP contribution is -2.21. The number of halogens is 1. The number of hydrogen-bond acceptors (Lipinski definition) is 3. The maximum absolute atomic E-state index is 10.3. The first kappa shape index (κ1) is 9.62. The third-order valence-corrected chi connectivity index (χ3v) is 4.36. The van der Waals surface area contributed by atoms with Gasteiger partial charge in [0.2, 0.25) is 0 Å². The number of nitrogens with zero attached hydrogens (tertiary/aromatic N) is 1. The first-order chi connectivity index (χ1) is 6.10. The Labute approximate surface area is 90.1 Å². The molecular weight excluding hydrogens is 250 g/mol. The summed E-state index contributed by atoms with van der Waals surface area (Å²) in [6.45, 7) is 2.18. The van der Waals surface area contributed by atoms with Crippen molar-refractivity contribution < 1.29 is 5.11 Å². The van der Waals surface area contributed by atoms with Crippen LogP contribution in [0.1, 0.15) is 31.2 Å². The largest absolute Gasteiger partial charge is 0.383 e. The maximum Gasteiger partial charge on any atom is 0.126 e. The molecule has 1 fully saturated rings. The number of rotatable bonds is 1. The summed E-state index contributed by atoms with van der Waals surface area (Å²) in [7, 11) is 0. The zero-order valence-corrected chi connectivity index (χ0v) is 9.86. The van der Waals surface area contributed by atoms with E-state index in [0.717, 1.165) is 28.9 Å². The minimum absolute atomic E-state index is 0.618. The van der Waals surface area contributed by atoms with Crippen molar-refractivity contribution in [1.29, 1.82) is 0 Å². The summed E-state index contributed by atoms with van der Waals surface area (Å²) in [6, 6.07) is 0. The Morgan fingerprint density at radius 3 is 3.00 bits per heavy atom. The molecule has 0 spiro atoms. The molecule has 1 heterocycles. The van der Waals surface area contributed by atoms with Crippen molar-refractivity contribution in [3.8, 4) is 0 Å². The lowest BCUT2D eigenvalue weighted by atomic mass is 10.0. The molecule has 2 unspecified atom stereocenters. The van der Waals surface area contributed by atoms with Crippen LogP contribution in [0.4, 0.5) is 0 Å². The van der Waals surface area contributed by atoms with Crippen molar-refractivity contribution in [2.24, 2.45) is 5.92 Å². The Kier molecular flexibility index (Phi) is 2.47. The quantitative estimate of drug-likeness (QED) is 0.844. The molecular formula is C9H12BrNOS. The van der Waals surface area contributed by atoms with Crippen molar-refractivity contribution in [2.75, 3.05) is 0 Å². The minimum Gasteiger partial charge on any atom is -0.383 e. The molecule has 1 N–H and O–H groups in total. The molecule has 2 rings (SSSR count). The van der Waals surface area contributed by atoms with E-state index >= 15 is 0 Å². The van der Waals surface area contributed by atoms with E-state index in [1.807, 2.05) is 5.38 Å². The van der Waals surface area contributed by atoms with Crippen molar-refractivity contribution in [1.82, 2.24) is 4.98 Å². The molecule has 1 aliphatic rings. The van der Waals surface area contributed by atoms with Gasteiger partial charge >= 0.3 is 0 Å². The number of aromatic nitrogens is 1. The highest BCUT2D eigenvalue weighted by molar-refractivity contribution is 9.10. The third kappa shape index (κ3) is 1.80. The molecule has 0 radical (unpaired) electrons. The summed E-state index contributed by atoms with van der Waals surface area (Å²) in [5.41, 5.74) is -0.643. The second-order valence-electron chi connectivity index (χ2n) is 3.85. The predicted octanol–water partition coefficient (Wildman–Crippen LogP) is 2.91. The predicted molar refractivity (Wildman–Crippen MR) is 56.7 cm³/mol. The molecule has 1 aromatic rings. The van der Waals surface area contributed by atoms with Gasteiger partial charge in [-0.2, -0.15) is 0 Å². The van der Waals surface area contributed by atoms with Crippen LogP contribution in [-0.2, 0) is 5.60 Å². The molecule has 13 heavy (non-hydrogen) atoms. The van der Waals surface area contributed by atoms with Crippen LogP contribution in [-0.4, -0.2) is 10.1 Å². The third-order valence-electron chi connectivity index (χ3n) is 2.61. The standard InChI is InChI=1S/C9H12BrNOS/c1-6-2-3-9(12,4-6)8-11-7(10)5-13-8/h5-6,12H,2-4H2,1H3. The van der Waals surface area contributed by atoms with Crippen molar-refractivity contribution in [3.63, 3.8) is 0 Å².